The third kappa shape index (κ3) is 3.90. The van der Waals surface area contributed by atoms with E-state index in [0.29, 0.717) is 10.5 Å². The SMILES string of the molecule is C[Si](O[SiH3])(O[Si](c1ccccc1)(c1ccccc1)c1ccccc1)c1ccccc1. The van der Waals surface area contributed by atoms with Crippen LogP contribution in [0.3, 0.4) is 0 Å². The van der Waals surface area contributed by atoms with Crippen LogP contribution in [-0.2, 0) is 8.23 Å². The fourth-order valence-electron chi connectivity index (χ4n) is 3.95. The lowest BCUT2D eigenvalue weighted by molar-refractivity contribution is 0.437. The van der Waals surface area contributed by atoms with Gasteiger partial charge in [0, 0.05) is 0 Å². The van der Waals surface area contributed by atoms with Gasteiger partial charge < -0.3 is 8.23 Å². The molecule has 0 aromatic heterocycles. The maximum atomic E-state index is 7.41. The molecule has 0 saturated heterocycles. The van der Waals surface area contributed by atoms with Crippen LogP contribution >= 0.6 is 0 Å². The zero-order chi connectivity index (χ0) is 20.9. The summed E-state index contributed by atoms with van der Waals surface area (Å²) in [5.41, 5.74) is 0. The van der Waals surface area contributed by atoms with Crippen molar-refractivity contribution < 1.29 is 8.23 Å². The zero-order valence-corrected chi connectivity index (χ0v) is 21.4. The second-order valence-electron chi connectivity index (χ2n) is 7.40. The lowest BCUT2D eigenvalue weighted by Gasteiger charge is -2.40. The molecule has 0 fully saturated rings. The number of benzene rings is 4. The minimum atomic E-state index is -2.80. The van der Waals surface area contributed by atoms with Crippen LogP contribution < -0.4 is 20.7 Å². The highest BCUT2D eigenvalue weighted by atomic mass is 28.5. The van der Waals surface area contributed by atoms with Gasteiger partial charge in [-0.05, 0) is 27.3 Å². The molecule has 1 atom stereocenters. The van der Waals surface area contributed by atoms with Gasteiger partial charge in [-0.15, -0.1) is 0 Å². The predicted molar refractivity (Wildman–Crippen MR) is 134 cm³/mol. The lowest BCUT2D eigenvalue weighted by Crippen LogP contribution is -2.75. The first-order valence-electron chi connectivity index (χ1n) is 10.2. The Labute approximate surface area is 184 Å². The predicted octanol–water partition coefficient (Wildman–Crippen LogP) is 1.95. The van der Waals surface area contributed by atoms with Crippen molar-refractivity contribution in [1.82, 2.24) is 0 Å². The van der Waals surface area contributed by atoms with E-state index in [0.717, 1.165) is 0 Å². The van der Waals surface area contributed by atoms with Crippen LogP contribution in [0.4, 0.5) is 0 Å². The summed E-state index contributed by atoms with van der Waals surface area (Å²) >= 11 is 0. The molecule has 30 heavy (non-hydrogen) atoms. The van der Waals surface area contributed by atoms with E-state index in [4.69, 9.17) is 8.23 Å². The average Bonchev–Trinajstić information content (AvgIpc) is 2.84. The van der Waals surface area contributed by atoms with Crippen molar-refractivity contribution >= 4 is 48.1 Å². The third-order valence-corrected chi connectivity index (χ3v) is 16.3. The van der Waals surface area contributed by atoms with E-state index in [1.807, 2.05) is 6.07 Å². The second kappa shape index (κ2) is 9.07. The lowest BCUT2D eigenvalue weighted by atomic mass is 10.3. The summed E-state index contributed by atoms with van der Waals surface area (Å²) in [6.45, 7) is 2.19. The van der Waals surface area contributed by atoms with E-state index in [2.05, 4.69) is 122 Å². The molecule has 5 heteroatoms. The minimum absolute atomic E-state index is 0.621. The summed E-state index contributed by atoms with van der Waals surface area (Å²) < 4.78 is 13.7. The Morgan fingerprint density at radius 2 is 0.800 bits per heavy atom. The van der Waals surface area contributed by atoms with Crippen LogP contribution in [0, 0.1) is 0 Å². The maximum absolute atomic E-state index is 7.41. The summed E-state index contributed by atoms with van der Waals surface area (Å²) in [5, 5.41) is 4.86. The van der Waals surface area contributed by atoms with Gasteiger partial charge in [0.1, 0.15) is 10.5 Å². The summed E-state index contributed by atoms with van der Waals surface area (Å²) in [5.74, 6) is 0. The first kappa shape index (κ1) is 20.7. The summed E-state index contributed by atoms with van der Waals surface area (Å²) in [4.78, 5) is 0. The maximum Gasteiger partial charge on any atom is 0.348 e. The molecule has 0 bridgehead atoms. The first-order valence-corrected chi connectivity index (χ1v) is 15.2. The largest absolute Gasteiger partial charge is 0.442 e. The Bertz CT molecular complexity index is 964. The van der Waals surface area contributed by atoms with Gasteiger partial charge in [-0.1, -0.05) is 121 Å². The molecule has 0 N–H and O–H groups in total. The van der Waals surface area contributed by atoms with E-state index in [1.165, 1.54) is 20.7 Å². The molecule has 4 aromatic carbocycles. The Hall–Kier alpha value is -2.55. The highest BCUT2D eigenvalue weighted by molar-refractivity contribution is 7.11. The average molecular weight is 443 g/mol. The molecule has 0 amide bonds. The second-order valence-corrected chi connectivity index (χ2v) is 15.4. The summed E-state index contributed by atoms with van der Waals surface area (Å²) in [6.07, 6.45) is 0. The minimum Gasteiger partial charge on any atom is -0.442 e. The van der Waals surface area contributed by atoms with Crippen molar-refractivity contribution in [2.45, 2.75) is 6.55 Å². The molecule has 0 spiro atoms. The molecular formula is C25H26O2Si3. The molecule has 0 aliphatic carbocycles. The third-order valence-electron chi connectivity index (χ3n) is 5.58. The van der Waals surface area contributed by atoms with Crippen molar-refractivity contribution in [3.05, 3.63) is 121 Å². The Morgan fingerprint density at radius 1 is 0.500 bits per heavy atom. The Kier molecular flexibility index (Phi) is 6.27. The Balaban J connectivity index is 2.00. The van der Waals surface area contributed by atoms with E-state index in [1.54, 1.807) is 0 Å². The molecule has 1 unspecified atom stereocenters. The highest BCUT2D eigenvalue weighted by Gasteiger charge is 2.49. The van der Waals surface area contributed by atoms with Crippen LogP contribution in [-0.4, -0.2) is 27.4 Å². The smallest absolute Gasteiger partial charge is 0.348 e. The van der Waals surface area contributed by atoms with Gasteiger partial charge in [-0.25, -0.2) is 0 Å². The van der Waals surface area contributed by atoms with Crippen molar-refractivity contribution in [2.75, 3.05) is 0 Å². The van der Waals surface area contributed by atoms with Crippen molar-refractivity contribution in [3.8, 4) is 0 Å². The summed E-state index contributed by atoms with van der Waals surface area (Å²) in [6, 6.07) is 42.5. The van der Waals surface area contributed by atoms with Crippen LogP contribution in [0.2, 0.25) is 6.55 Å². The van der Waals surface area contributed by atoms with Gasteiger partial charge in [0.15, 0.2) is 0 Å². The topological polar surface area (TPSA) is 18.5 Å². The standard InChI is InChI=1S/C25H26O2Si3/c1-29(26-28,22-14-6-2-7-15-22)27-30(23-16-8-3-9-17-23,24-18-10-4-11-19-24)25-20-12-5-13-21-25/h2-21H,1,28H3. The molecule has 0 heterocycles. The monoisotopic (exact) mass is 442 g/mol. The van der Waals surface area contributed by atoms with Crippen molar-refractivity contribution in [2.24, 2.45) is 0 Å². The van der Waals surface area contributed by atoms with Crippen LogP contribution in [0.5, 0.6) is 0 Å². The molecule has 0 aliphatic rings. The normalized spacial score (nSPS) is 13.6. The van der Waals surface area contributed by atoms with Crippen LogP contribution in [0.15, 0.2) is 121 Å². The summed E-state index contributed by atoms with van der Waals surface area (Å²) in [7, 11) is -4.84. The van der Waals surface area contributed by atoms with Crippen LogP contribution in [0.1, 0.15) is 0 Å². The molecule has 150 valence electrons. The van der Waals surface area contributed by atoms with Gasteiger partial charge >= 0.3 is 8.56 Å². The van der Waals surface area contributed by atoms with Gasteiger partial charge in [0.25, 0.3) is 8.32 Å². The van der Waals surface area contributed by atoms with Crippen molar-refractivity contribution in [1.29, 1.82) is 0 Å². The number of hydrogen-bond acceptors (Lipinski definition) is 2. The van der Waals surface area contributed by atoms with Gasteiger partial charge in [0.2, 0.25) is 0 Å². The molecule has 4 aromatic rings. The van der Waals surface area contributed by atoms with Gasteiger partial charge in [-0.3, -0.25) is 0 Å². The van der Waals surface area contributed by atoms with E-state index in [-0.39, 0.29) is 0 Å². The number of hydrogen-bond donors (Lipinski definition) is 0. The molecule has 0 radical (unpaired) electrons. The fourth-order valence-corrected chi connectivity index (χ4v) is 14.0. The fraction of sp³-hybridized carbons (Fsp3) is 0.0400. The van der Waals surface area contributed by atoms with E-state index in [9.17, 15) is 0 Å². The zero-order valence-electron chi connectivity index (χ0n) is 17.4. The van der Waals surface area contributed by atoms with Crippen LogP contribution in [0.25, 0.3) is 0 Å². The molecular weight excluding hydrogens is 417 g/mol. The quantitative estimate of drug-likeness (QED) is 0.322. The molecule has 2 nitrogen and oxygen atoms in total. The molecule has 0 saturated carbocycles. The van der Waals surface area contributed by atoms with E-state index < -0.39 is 16.9 Å². The molecule has 4 rings (SSSR count). The van der Waals surface area contributed by atoms with E-state index >= 15 is 0 Å². The highest BCUT2D eigenvalue weighted by Crippen LogP contribution is 2.17. The first-order chi connectivity index (χ1) is 14.7. The molecule has 0 aliphatic heterocycles. The number of rotatable bonds is 7. The van der Waals surface area contributed by atoms with Gasteiger partial charge in [-0.2, -0.15) is 0 Å². The Morgan fingerprint density at radius 3 is 1.10 bits per heavy atom. The van der Waals surface area contributed by atoms with Gasteiger partial charge in [0.05, 0.1) is 0 Å². The van der Waals surface area contributed by atoms with Crippen molar-refractivity contribution in [3.63, 3.8) is 0 Å².